The smallest absolute Gasteiger partial charge is 0.0583 e. The highest BCUT2D eigenvalue weighted by Gasteiger charge is 2.54. The van der Waals surface area contributed by atoms with Crippen molar-refractivity contribution >= 4 is 22.6 Å². The molecule has 6 atom stereocenters. The number of alkyl halides is 1. The molecule has 0 radical (unpaired) electrons. The first-order valence-corrected chi connectivity index (χ1v) is 13.4. The number of aliphatic hydroxyl groups is 1. The summed E-state index contributed by atoms with van der Waals surface area (Å²) in [6.07, 6.45) is 16.7. The van der Waals surface area contributed by atoms with Crippen LogP contribution >= 0.6 is 22.6 Å². The van der Waals surface area contributed by atoms with Crippen molar-refractivity contribution in [3.05, 3.63) is 35.5 Å². The molecule has 3 fully saturated rings. The average Bonchev–Trinajstić information content (AvgIpc) is 2.92. The van der Waals surface area contributed by atoms with Crippen molar-refractivity contribution in [2.24, 2.45) is 29.1 Å². The lowest BCUT2D eigenvalue weighted by atomic mass is 9.60. The van der Waals surface area contributed by atoms with Crippen LogP contribution in [0, 0.1) is 29.1 Å². The van der Waals surface area contributed by atoms with Gasteiger partial charge < -0.3 is 5.11 Å². The summed E-state index contributed by atoms with van der Waals surface area (Å²) in [5, 5.41) is 10.1. The van der Waals surface area contributed by atoms with Gasteiger partial charge in [0.2, 0.25) is 0 Å². The van der Waals surface area contributed by atoms with Gasteiger partial charge in [-0.25, -0.2) is 0 Å². The van der Waals surface area contributed by atoms with E-state index in [1.54, 1.807) is 5.57 Å². The second-order valence-corrected chi connectivity index (χ2v) is 12.5. The maximum absolute atomic E-state index is 10.1. The topological polar surface area (TPSA) is 20.2 Å². The summed E-state index contributed by atoms with van der Waals surface area (Å²) < 4.78 is 0.803. The monoisotopic (exact) mass is 510 g/mol. The van der Waals surface area contributed by atoms with E-state index in [-0.39, 0.29) is 6.10 Å². The fourth-order valence-corrected chi connectivity index (χ4v) is 8.72. The minimum atomic E-state index is -0.178. The third-order valence-corrected chi connectivity index (χ3v) is 9.56. The van der Waals surface area contributed by atoms with Crippen LogP contribution in [0.2, 0.25) is 0 Å². The van der Waals surface area contributed by atoms with Gasteiger partial charge in [-0.05, 0) is 79.6 Å². The van der Waals surface area contributed by atoms with Crippen LogP contribution in [0.25, 0.3) is 0 Å². The van der Waals surface area contributed by atoms with Crippen molar-refractivity contribution in [3.63, 3.8) is 0 Å². The molecular weight excluding hydrogens is 467 g/mol. The summed E-state index contributed by atoms with van der Waals surface area (Å²) in [5.74, 6) is 3.25. The molecule has 1 N–H and O–H groups in total. The Labute approximate surface area is 193 Å². The van der Waals surface area contributed by atoms with Crippen LogP contribution in [-0.2, 0) is 0 Å². The molecule has 0 unspecified atom stereocenters. The Morgan fingerprint density at radius 1 is 1.21 bits per heavy atom. The summed E-state index contributed by atoms with van der Waals surface area (Å²) >= 11 is 2.79. The first-order valence-electron chi connectivity index (χ1n) is 12.1. The van der Waals surface area contributed by atoms with Crippen molar-refractivity contribution in [3.8, 4) is 0 Å². The van der Waals surface area contributed by atoms with Gasteiger partial charge >= 0.3 is 0 Å². The average molecular weight is 511 g/mol. The van der Waals surface area contributed by atoms with Crippen LogP contribution in [0.15, 0.2) is 35.5 Å². The number of hydrogen-bond acceptors (Lipinski definition) is 1. The van der Waals surface area contributed by atoms with Gasteiger partial charge in [0.25, 0.3) is 0 Å². The lowest BCUT2D eigenvalue weighted by molar-refractivity contribution is 0.0959. The molecule has 2 heteroatoms. The zero-order chi connectivity index (χ0) is 21.2. The lowest BCUT2D eigenvalue weighted by Crippen LogP contribution is -2.37. The number of halogens is 1. The molecule has 3 aliphatic rings. The summed E-state index contributed by atoms with van der Waals surface area (Å²) in [6.45, 7) is 14.1. The third kappa shape index (κ3) is 5.40. The molecule has 3 saturated carbocycles. The highest BCUT2D eigenvalue weighted by Crippen LogP contribution is 2.61. The van der Waals surface area contributed by atoms with Crippen LogP contribution in [0.4, 0.5) is 0 Å². The highest BCUT2D eigenvalue weighted by atomic mass is 127. The molecule has 3 rings (SSSR count). The van der Waals surface area contributed by atoms with Crippen molar-refractivity contribution in [1.82, 2.24) is 0 Å². The van der Waals surface area contributed by atoms with Crippen molar-refractivity contribution in [1.29, 1.82) is 0 Å². The lowest BCUT2D eigenvalue weighted by Gasteiger charge is -2.45. The van der Waals surface area contributed by atoms with E-state index in [1.807, 2.05) is 0 Å². The van der Waals surface area contributed by atoms with Gasteiger partial charge in [-0.3, -0.25) is 0 Å². The van der Waals surface area contributed by atoms with Gasteiger partial charge in [0.15, 0.2) is 0 Å². The van der Waals surface area contributed by atoms with Crippen LogP contribution in [-0.4, -0.2) is 15.1 Å². The summed E-state index contributed by atoms with van der Waals surface area (Å²) in [6, 6.07) is 0. The molecular formula is C27H43IO. The van der Waals surface area contributed by atoms with Gasteiger partial charge in [-0.1, -0.05) is 99.4 Å². The molecule has 3 aliphatic carbocycles. The van der Waals surface area contributed by atoms with Gasteiger partial charge in [-0.15, -0.1) is 0 Å². The van der Waals surface area contributed by atoms with Crippen LogP contribution < -0.4 is 0 Å². The molecule has 0 amide bonds. The van der Waals surface area contributed by atoms with Crippen LogP contribution in [0.3, 0.4) is 0 Å². The Bertz CT molecular complexity index is 645. The molecule has 0 aromatic rings. The zero-order valence-corrected chi connectivity index (χ0v) is 21.4. The third-order valence-electron chi connectivity index (χ3n) is 8.28. The van der Waals surface area contributed by atoms with Gasteiger partial charge in [-0.2, -0.15) is 0 Å². The van der Waals surface area contributed by atoms with E-state index in [1.165, 1.54) is 56.1 Å². The molecule has 0 aromatic heterocycles. The number of rotatable bonds is 6. The minimum Gasteiger partial charge on any atom is -0.393 e. The Morgan fingerprint density at radius 2 is 1.97 bits per heavy atom. The Kier molecular flexibility index (Phi) is 8.14. The quantitative estimate of drug-likeness (QED) is 0.283. The Morgan fingerprint density at radius 3 is 2.69 bits per heavy atom. The second kappa shape index (κ2) is 10.0. The molecule has 0 saturated heterocycles. The summed E-state index contributed by atoms with van der Waals surface area (Å²) in [4.78, 5) is 0. The predicted octanol–water partition coefficient (Wildman–Crippen LogP) is 8.03. The van der Waals surface area contributed by atoms with Gasteiger partial charge in [0, 0.05) is 3.92 Å². The van der Waals surface area contributed by atoms with Crippen LogP contribution in [0.5, 0.6) is 0 Å². The normalized spacial score (nSPS) is 39.3. The molecule has 164 valence electrons. The minimum absolute atomic E-state index is 0.178. The fourth-order valence-electron chi connectivity index (χ4n) is 6.68. The van der Waals surface area contributed by atoms with Crippen molar-refractivity contribution in [2.45, 2.75) is 102 Å². The maximum Gasteiger partial charge on any atom is 0.0583 e. The second-order valence-electron chi connectivity index (χ2n) is 10.9. The molecule has 0 spiro atoms. The van der Waals surface area contributed by atoms with Gasteiger partial charge in [0.05, 0.1) is 6.10 Å². The largest absolute Gasteiger partial charge is 0.393 e. The predicted molar refractivity (Wildman–Crippen MR) is 134 cm³/mol. The van der Waals surface area contributed by atoms with E-state index in [9.17, 15) is 5.11 Å². The molecule has 0 heterocycles. The first-order chi connectivity index (χ1) is 13.7. The molecule has 0 aromatic carbocycles. The van der Waals surface area contributed by atoms with Crippen molar-refractivity contribution in [2.75, 3.05) is 0 Å². The van der Waals surface area contributed by atoms with Gasteiger partial charge in [0.1, 0.15) is 0 Å². The van der Waals surface area contributed by atoms with E-state index < -0.39 is 0 Å². The van der Waals surface area contributed by atoms with E-state index >= 15 is 0 Å². The number of allylic oxidation sites excluding steroid dienone is 4. The van der Waals surface area contributed by atoms with E-state index in [0.717, 1.165) is 46.9 Å². The van der Waals surface area contributed by atoms with Crippen LogP contribution in [0.1, 0.15) is 91.9 Å². The number of fused-ring (bicyclic) bond motifs is 1. The molecule has 29 heavy (non-hydrogen) atoms. The standard InChI is InChI=1S/C27H43IO/c1-18(2)8-6-9-20(4)26-25(28)17-24-21(10-7-15-27(24,26)5)12-13-22-16-23(29)14-11-19(22)3/h12-13,18,20,23-26,29H,3,6-11,14-17H2,1-2,4-5H3/b21-12+,22-13+/t20-,23+,24+,25-,26+,27-/m1/s1. The fraction of sp³-hybridized carbons (Fsp3) is 0.778. The SMILES string of the molecule is C=C1CC[C@H](O)C/C1=C\C=C1/CCC[C@@]2(C)[C@@H]([C@H](C)CCCC(C)C)[C@H](I)C[C@@H]12. The Hall–Kier alpha value is -0.0900. The molecule has 0 aliphatic heterocycles. The molecule has 1 nitrogen and oxygen atoms in total. The number of aliphatic hydroxyl groups excluding tert-OH is 1. The number of hydrogen-bond donors (Lipinski definition) is 1. The zero-order valence-electron chi connectivity index (χ0n) is 19.2. The Balaban J connectivity index is 1.75. The maximum atomic E-state index is 10.1. The molecule has 0 bridgehead atoms. The van der Waals surface area contributed by atoms with E-state index in [0.29, 0.717) is 5.41 Å². The summed E-state index contributed by atoms with van der Waals surface area (Å²) in [7, 11) is 0. The summed E-state index contributed by atoms with van der Waals surface area (Å²) in [5.41, 5.74) is 4.67. The van der Waals surface area contributed by atoms with Crippen molar-refractivity contribution < 1.29 is 5.11 Å². The first kappa shape index (κ1) is 23.6. The van der Waals surface area contributed by atoms with E-state index in [4.69, 9.17) is 0 Å². The van der Waals surface area contributed by atoms with E-state index in [2.05, 4.69) is 69.0 Å². The highest BCUT2D eigenvalue weighted by molar-refractivity contribution is 14.1.